The number of carbonyl (C=O) groups excluding carboxylic acids is 2. The highest BCUT2D eigenvalue weighted by Gasteiger charge is 2.30. The number of benzene rings is 1. The molecular weight excluding hydrogens is 331 g/mol. The zero-order chi connectivity index (χ0) is 18.2. The van der Waals surface area contributed by atoms with E-state index in [4.69, 9.17) is 5.26 Å². The fraction of sp³-hybridized carbons (Fsp3) is 0.214. The number of hydrogen-bond donors (Lipinski definition) is 2. The number of alkyl halides is 3. The topological polar surface area (TPSA) is 100 Å². The molecule has 24 heavy (non-hydrogen) atoms. The van der Waals surface area contributed by atoms with Crippen LogP contribution in [-0.2, 0) is 9.53 Å². The second kappa shape index (κ2) is 8.42. The first-order valence-electron chi connectivity index (χ1n) is 6.46. The number of ether oxygens (including phenoxy) is 2. The number of rotatable bonds is 5. The maximum Gasteiger partial charge on any atom is 0.573 e. The lowest BCUT2D eigenvalue weighted by atomic mass is 10.2. The molecule has 0 saturated heterocycles. The van der Waals surface area contributed by atoms with Crippen molar-refractivity contribution in [1.29, 1.82) is 5.26 Å². The molecule has 0 radical (unpaired) electrons. The van der Waals surface area contributed by atoms with E-state index in [0.717, 1.165) is 18.3 Å². The predicted molar refractivity (Wildman–Crippen MR) is 75.6 cm³/mol. The number of hydrogen-bond acceptors (Lipinski definition) is 6. The van der Waals surface area contributed by atoms with Crippen LogP contribution in [0.4, 0.5) is 23.7 Å². The largest absolute Gasteiger partial charge is 0.573 e. The summed E-state index contributed by atoms with van der Waals surface area (Å²) in [5.41, 5.74) is -0.139. The maximum atomic E-state index is 12.0. The van der Waals surface area contributed by atoms with E-state index < -0.39 is 29.7 Å². The van der Waals surface area contributed by atoms with Crippen molar-refractivity contribution in [1.82, 2.24) is 5.32 Å². The van der Waals surface area contributed by atoms with Crippen molar-refractivity contribution in [3.63, 3.8) is 0 Å². The molecule has 0 unspecified atom stereocenters. The Hall–Kier alpha value is -3.22. The van der Waals surface area contributed by atoms with Crippen LogP contribution >= 0.6 is 0 Å². The van der Waals surface area contributed by atoms with Gasteiger partial charge >= 0.3 is 12.5 Å². The Morgan fingerprint density at radius 2 is 1.92 bits per heavy atom. The summed E-state index contributed by atoms with van der Waals surface area (Å²) in [5, 5.41) is 13.2. The van der Waals surface area contributed by atoms with E-state index in [1.165, 1.54) is 12.1 Å². The number of halogens is 3. The smallest absolute Gasteiger partial charge is 0.450 e. The van der Waals surface area contributed by atoms with Crippen molar-refractivity contribution in [3.8, 4) is 11.8 Å². The molecule has 7 nitrogen and oxygen atoms in total. The average Bonchev–Trinajstić information content (AvgIpc) is 2.48. The molecule has 0 spiro atoms. The summed E-state index contributed by atoms with van der Waals surface area (Å²) in [5.74, 6) is -1.40. The third-order valence-electron chi connectivity index (χ3n) is 2.33. The lowest BCUT2D eigenvalue weighted by molar-refractivity contribution is -0.274. The van der Waals surface area contributed by atoms with Crippen LogP contribution in [0, 0.1) is 11.3 Å². The fourth-order valence-corrected chi connectivity index (χ4v) is 1.38. The number of amides is 2. The minimum absolute atomic E-state index is 0.0509. The molecule has 0 aliphatic heterocycles. The van der Waals surface area contributed by atoms with Crippen LogP contribution in [0.1, 0.15) is 6.92 Å². The van der Waals surface area contributed by atoms with Crippen molar-refractivity contribution >= 4 is 17.7 Å². The van der Waals surface area contributed by atoms with Gasteiger partial charge in [-0.2, -0.15) is 5.26 Å². The summed E-state index contributed by atoms with van der Waals surface area (Å²) in [6.07, 6.45) is -4.81. The standard InChI is InChI=1S/C14H12F3N3O4/c1-2-23-13(22)20-12(21)9(7-18)8-19-10-3-5-11(6-4-10)24-14(15,16)17/h3-6,8,19H,2H2,1H3,(H,20,21,22)/b9-8+. The van der Waals surface area contributed by atoms with Gasteiger partial charge in [0, 0.05) is 11.9 Å². The molecule has 10 heteroatoms. The number of nitriles is 1. The minimum atomic E-state index is -4.80. The summed E-state index contributed by atoms with van der Waals surface area (Å²) >= 11 is 0. The number of nitrogens with zero attached hydrogens (tertiary/aromatic N) is 1. The lowest BCUT2D eigenvalue weighted by Crippen LogP contribution is -2.32. The highest BCUT2D eigenvalue weighted by atomic mass is 19.4. The fourth-order valence-electron chi connectivity index (χ4n) is 1.38. The first kappa shape index (κ1) is 18.8. The molecule has 0 heterocycles. The molecule has 0 aromatic heterocycles. The normalized spacial score (nSPS) is 11.2. The van der Waals surface area contributed by atoms with E-state index in [1.807, 2.05) is 5.32 Å². The van der Waals surface area contributed by atoms with Crippen molar-refractivity contribution in [2.24, 2.45) is 0 Å². The van der Waals surface area contributed by atoms with Gasteiger partial charge in [-0.25, -0.2) is 4.79 Å². The Bertz CT molecular complexity index is 663. The molecular formula is C14H12F3N3O4. The number of nitrogens with one attached hydrogen (secondary N) is 2. The summed E-state index contributed by atoms with van der Waals surface area (Å²) < 4.78 is 44.3. The zero-order valence-corrected chi connectivity index (χ0v) is 12.3. The molecule has 0 bridgehead atoms. The molecule has 2 amide bonds. The van der Waals surface area contributed by atoms with Gasteiger partial charge in [-0.3, -0.25) is 10.1 Å². The van der Waals surface area contributed by atoms with Gasteiger partial charge in [-0.1, -0.05) is 0 Å². The van der Waals surface area contributed by atoms with Crippen molar-refractivity contribution in [3.05, 3.63) is 36.0 Å². The number of alkyl carbamates (subject to hydrolysis) is 1. The monoisotopic (exact) mass is 343 g/mol. The quantitative estimate of drug-likeness (QED) is 0.630. The van der Waals surface area contributed by atoms with Crippen LogP contribution < -0.4 is 15.4 Å². The molecule has 0 aliphatic carbocycles. The molecule has 0 aliphatic rings. The molecule has 2 N–H and O–H groups in total. The Labute approximate surface area is 134 Å². The highest BCUT2D eigenvalue weighted by molar-refractivity contribution is 6.05. The first-order chi connectivity index (χ1) is 11.2. The summed E-state index contributed by atoms with van der Waals surface area (Å²) in [6.45, 7) is 1.59. The molecule has 1 aromatic carbocycles. The van der Waals surface area contributed by atoms with E-state index in [-0.39, 0.29) is 6.61 Å². The van der Waals surface area contributed by atoms with Crippen molar-refractivity contribution in [2.45, 2.75) is 13.3 Å². The SMILES string of the molecule is CCOC(=O)NC(=O)/C(C#N)=C/Nc1ccc(OC(F)(F)F)cc1. The van der Waals surface area contributed by atoms with Crippen LogP contribution in [0.3, 0.4) is 0 Å². The third-order valence-corrected chi connectivity index (χ3v) is 2.33. The first-order valence-corrected chi connectivity index (χ1v) is 6.46. The van der Waals surface area contributed by atoms with Gasteiger partial charge < -0.3 is 14.8 Å². The van der Waals surface area contributed by atoms with E-state index in [2.05, 4.69) is 14.8 Å². The zero-order valence-electron chi connectivity index (χ0n) is 12.3. The molecule has 128 valence electrons. The number of anilines is 1. The summed E-state index contributed by atoms with van der Waals surface area (Å²) in [6, 6.07) is 6.16. The van der Waals surface area contributed by atoms with Crippen LogP contribution in [0.15, 0.2) is 36.0 Å². The second-order valence-corrected chi connectivity index (χ2v) is 4.06. The molecule has 0 fully saturated rings. The Morgan fingerprint density at radius 3 is 2.42 bits per heavy atom. The molecule has 1 rings (SSSR count). The third kappa shape index (κ3) is 6.69. The van der Waals surface area contributed by atoms with Gasteiger partial charge in [0.25, 0.3) is 5.91 Å². The summed E-state index contributed by atoms with van der Waals surface area (Å²) in [7, 11) is 0. The van der Waals surface area contributed by atoms with Crippen LogP contribution in [-0.4, -0.2) is 25.0 Å². The number of carbonyl (C=O) groups is 2. The molecule has 1 aromatic rings. The molecule has 0 saturated carbocycles. The van der Waals surface area contributed by atoms with E-state index >= 15 is 0 Å². The highest BCUT2D eigenvalue weighted by Crippen LogP contribution is 2.23. The van der Waals surface area contributed by atoms with Crippen molar-refractivity contribution < 1.29 is 32.2 Å². The van der Waals surface area contributed by atoms with Gasteiger partial charge in [-0.05, 0) is 31.2 Å². The lowest BCUT2D eigenvalue weighted by Gasteiger charge is -2.09. The predicted octanol–water partition coefficient (Wildman–Crippen LogP) is 2.68. The van der Waals surface area contributed by atoms with Gasteiger partial charge in [0.1, 0.15) is 17.4 Å². The van der Waals surface area contributed by atoms with E-state index in [9.17, 15) is 22.8 Å². The maximum absolute atomic E-state index is 12.0. The van der Waals surface area contributed by atoms with E-state index in [0.29, 0.717) is 5.69 Å². The number of imide groups is 1. The van der Waals surface area contributed by atoms with Crippen LogP contribution in [0.5, 0.6) is 5.75 Å². The van der Waals surface area contributed by atoms with Crippen LogP contribution in [0.25, 0.3) is 0 Å². The van der Waals surface area contributed by atoms with Crippen LogP contribution in [0.2, 0.25) is 0 Å². The van der Waals surface area contributed by atoms with Gasteiger partial charge in [0.15, 0.2) is 0 Å². The van der Waals surface area contributed by atoms with Gasteiger partial charge in [0.05, 0.1) is 6.61 Å². The Balaban J connectivity index is 2.70. The van der Waals surface area contributed by atoms with Gasteiger partial charge in [0.2, 0.25) is 0 Å². The second-order valence-electron chi connectivity index (χ2n) is 4.06. The Morgan fingerprint density at radius 1 is 1.29 bits per heavy atom. The van der Waals surface area contributed by atoms with Crippen molar-refractivity contribution in [2.75, 3.05) is 11.9 Å². The minimum Gasteiger partial charge on any atom is -0.450 e. The van der Waals surface area contributed by atoms with E-state index in [1.54, 1.807) is 13.0 Å². The van der Waals surface area contributed by atoms with Gasteiger partial charge in [-0.15, -0.1) is 13.2 Å². The molecule has 0 atom stereocenters. The average molecular weight is 343 g/mol. The summed E-state index contributed by atoms with van der Waals surface area (Å²) in [4.78, 5) is 22.7. The Kier molecular flexibility index (Phi) is 6.61.